The Balaban J connectivity index is 1.44. The predicted molar refractivity (Wildman–Crippen MR) is 107 cm³/mol. The van der Waals surface area contributed by atoms with Crippen LogP contribution < -0.4 is 5.32 Å². The summed E-state index contributed by atoms with van der Waals surface area (Å²) >= 11 is 7.93. The van der Waals surface area contributed by atoms with E-state index in [2.05, 4.69) is 26.8 Å². The van der Waals surface area contributed by atoms with Crippen LogP contribution in [-0.2, 0) is 13.0 Å². The van der Waals surface area contributed by atoms with E-state index in [0.717, 1.165) is 26.1 Å². The van der Waals surface area contributed by atoms with Gasteiger partial charge in [-0.2, -0.15) is 0 Å². The van der Waals surface area contributed by atoms with Crippen LogP contribution in [0, 0.1) is 12.7 Å². The van der Waals surface area contributed by atoms with Gasteiger partial charge in [0.15, 0.2) is 0 Å². The molecule has 28 heavy (non-hydrogen) atoms. The molecule has 0 unspecified atom stereocenters. The first-order valence-corrected chi connectivity index (χ1v) is 10.3. The molecule has 1 N–H and O–H groups in total. The minimum Gasteiger partial charge on any atom is -0.360 e. The number of amides is 1. The molecule has 8 heteroatoms. The number of thiophene rings is 1. The molecule has 146 valence electrons. The third-order valence-corrected chi connectivity index (χ3v) is 6.23. The summed E-state index contributed by atoms with van der Waals surface area (Å²) < 4.78 is 19.4. The zero-order chi connectivity index (χ0) is 19.7. The number of benzene rings is 1. The van der Waals surface area contributed by atoms with Crippen molar-refractivity contribution in [2.24, 2.45) is 0 Å². The molecule has 5 nitrogen and oxygen atoms in total. The zero-order valence-electron chi connectivity index (χ0n) is 15.3. The summed E-state index contributed by atoms with van der Waals surface area (Å²) in [6, 6.07) is 6.50. The normalized spacial score (nSPS) is 14.1. The van der Waals surface area contributed by atoms with E-state index in [1.165, 1.54) is 22.6 Å². The largest absolute Gasteiger partial charge is 0.360 e. The second-order valence-electron chi connectivity index (χ2n) is 6.71. The Kier molecular flexibility index (Phi) is 5.48. The Morgan fingerprint density at radius 1 is 1.43 bits per heavy atom. The molecule has 1 aromatic carbocycles. The third-order valence-electron chi connectivity index (χ3n) is 4.89. The molecule has 3 aromatic rings. The summed E-state index contributed by atoms with van der Waals surface area (Å²) in [4.78, 5) is 16.5. The van der Waals surface area contributed by atoms with Gasteiger partial charge in [0.2, 0.25) is 0 Å². The maximum Gasteiger partial charge on any atom is 0.257 e. The Hall–Kier alpha value is -2.22. The maximum atomic E-state index is 14.3. The van der Waals surface area contributed by atoms with Gasteiger partial charge in [0.1, 0.15) is 22.8 Å². The number of rotatable bonds is 5. The molecular formula is C20H19ClFN3O2S. The molecule has 0 saturated heterocycles. The van der Waals surface area contributed by atoms with Gasteiger partial charge in [-0.05, 0) is 42.5 Å². The molecule has 0 atom stereocenters. The number of aromatic nitrogens is 1. The van der Waals surface area contributed by atoms with Crippen LogP contribution >= 0.6 is 22.9 Å². The summed E-state index contributed by atoms with van der Waals surface area (Å²) in [7, 11) is 0. The van der Waals surface area contributed by atoms with E-state index in [1.807, 2.05) is 0 Å². The van der Waals surface area contributed by atoms with Gasteiger partial charge in [-0.1, -0.05) is 22.8 Å². The Labute approximate surface area is 171 Å². The van der Waals surface area contributed by atoms with Crippen molar-refractivity contribution in [2.45, 2.75) is 19.9 Å². The summed E-state index contributed by atoms with van der Waals surface area (Å²) in [6.45, 7) is 4.72. The third kappa shape index (κ3) is 3.70. The van der Waals surface area contributed by atoms with Crippen molar-refractivity contribution in [1.82, 2.24) is 15.4 Å². The first kappa shape index (κ1) is 19.1. The number of carbonyl (C=O) groups is 1. The zero-order valence-corrected chi connectivity index (χ0v) is 16.9. The van der Waals surface area contributed by atoms with Crippen LogP contribution in [0.25, 0.3) is 11.3 Å². The van der Waals surface area contributed by atoms with Crippen LogP contribution in [0.4, 0.5) is 4.39 Å². The van der Waals surface area contributed by atoms with Crippen LogP contribution in [0.5, 0.6) is 0 Å². The minimum atomic E-state index is -0.547. The lowest BCUT2D eigenvalue weighted by Gasteiger charge is -2.26. The highest BCUT2D eigenvalue weighted by Gasteiger charge is 2.25. The van der Waals surface area contributed by atoms with Crippen LogP contribution in [-0.4, -0.2) is 35.6 Å². The fourth-order valence-electron chi connectivity index (χ4n) is 3.45. The number of halogens is 2. The highest BCUT2D eigenvalue weighted by atomic mass is 35.5. The molecule has 0 spiro atoms. The highest BCUT2D eigenvalue weighted by Crippen LogP contribution is 2.33. The summed E-state index contributed by atoms with van der Waals surface area (Å²) in [5.74, 6) is -0.566. The summed E-state index contributed by atoms with van der Waals surface area (Å²) in [6.07, 6.45) is 1.04. The molecular weight excluding hydrogens is 401 g/mol. The van der Waals surface area contributed by atoms with Gasteiger partial charge in [-0.3, -0.25) is 9.69 Å². The molecule has 0 radical (unpaired) electrons. The smallest absolute Gasteiger partial charge is 0.257 e. The van der Waals surface area contributed by atoms with Crippen molar-refractivity contribution >= 4 is 28.8 Å². The standard InChI is InChI=1S/C20H19ClFN3O2S/c1-12-17(19(24-27-12)18-14(21)3-2-4-15(18)22)20(26)23-7-9-25-8-5-16-13(11-25)6-10-28-16/h2-4,6,10H,5,7-9,11H2,1H3,(H,23,26). The van der Waals surface area contributed by atoms with Gasteiger partial charge in [0.05, 0.1) is 10.6 Å². The van der Waals surface area contributed by atoms with Crippen molar-refractivity contribution in [2.75, 3.05) is 19.6 Å². The van der Waals surface area contributed by atoms with Crippen molar-refractivity contribution in [1.29, 1.82) is 0 Å². The molecule has 0 aliphatic carbocycles. The molecule has 0 fully saturated rings. The van der Waals surface area contributed by atoms with Crippen LogP contribution in [0.2, 0.25) is 5.02 Å². The lowest BCUT2D eigenvalue weighted by atomic mass is 10.0. The van der Waals surface area contributed by atoms with E-state index in [9.17, 15) is 9.18 Å². The number of nitrogens with one attached hydrogen (secondary N) is 1. The van der Waals surface area contributed by atoms with Gasteiger partial charge < -0.3 is 9.84 Å². The molecule has 2 aromatic heterocycles. The second-order valence-corrected chi connectivity index (χ2v) is 8.12. The van der Waals surface area contributed by atoms with E-state index in [-0.39, 0.29) is 27.8 Å². The Bertz CT molecular complexity index is 997. The molecule has 1 aliphatic heterocycles. The van der Waals surface area contributed by atoms with Gasteiger partial charge in [-0.25, -0.2) is 4.39 Å². The quantitative estimate of drug-likeness (QED) is 0.670. The number of nitrogens with zero attached hydrogens (tertiary/aromatic N) is 2. The number of hydrogen-bond acceptors (Lipinski definition) is 5. The first-order chi connectivity index (χ1) is 13.5. The summed E-state index contributed by atoms with van der Waals surface area (Å²) in [5.41, 5.74) is 1.78. The van der Waals surface area contributed by atoms with E-state index in [4.69, 9.17) is 16.1 Å². The van der Waals surface area contributed by atoms with E-state index in [1.54, 1.807) is 24.3 Å². The monoisotopic (exact) mass is 419 g/mol. The first-order valence-electron chi connectivity index (χ1n) is 9.01. The molecule has 0 saturated carbocycles. The van der Waals surface area contributed by atoms with Crippen LogP contribution in [0.15, 0.2) is 34.2 Å². The average molecular weight is 420 g/mol. The predicted octanol–water partition coefficient (Wildman–Crippen LogP) is 4.29. The van der Waals surface area contributed by atoms with E-state index in [0.29, 0.717) is 12.3 Å². The van der Waals surface area contributed by atoms with Crippen LogP contribution in [0.3, 0.4) is 0 Å². The van der Waals surface area contributed by atoms with Gasteiger partial charge in [0, 0.05) is 31.1 Å². The number of hydrogen-bond donors (Lipinski definition) is 1. The average Bonchev–Trinajstić information content (AvgIpc) is 3.28. The van der Waals surface area contributed by atoms with Crippen molar-refractivity contribution < 1.29 is 13.7 Å². The van der Waals surface area contributed by atoms with E-state index >= 15 is 0 Å². The molecule has 1 aliphatic rings. The number of fused-ring (bicyclic) bond motifs is 1. The SMILES string of the molecule is Cc1onc(-c2c(F)cccc2Cl)c1C(=O)NCCN1CCc2sccc2C1. The van der Waals surface area contributed by atoms with Crippen molar-refractivity contribution in [3.63, 3.8) is 0 Å². The lowest BCUT2D eigenvalue weighted by Crippen LogP contribution is -2.37. The van der Waals surface area contributed by atoms with Gasteiger partial charge in [-0.15, -0.1) is 11.3 Å². The molecule has 3 heterocycles. The number of carbonyl (C=O) groups excluding carboxylic acids is 1. The van der Waals surface area contributed by atoms with Crippen molar-refractivity contribution in [3.8, 4) is 11.3 Å². The fraction of sp³-hybridized carbons (Fsp3) is 0.300. The van der Waals surface area contributed by atoms with E-state index < -0.39 is 5.82 Å². The van der Waals surface area contributed by atoms with Crippen molar-refractivity contribution in [3.05, 3.63) is 62.2 Å². The number of aryl methyl sites for hydroxylation is 1. The lowest BCUT2D eigenvalue weighted by molar-refractivity contribution is 0.0946. The molecule has 4 rings (SSSR count). The van der Waals surface area contributed by atoms with Gasteiger partial charge >= 0.3 is 0 Å². The molecule has 1 amide bonds. The fourth-order valence-corrected chi connectivity index (χ4v) is 4.59. The Morgan fingerprint density at radius 3 is 3.11 bits per heavy atom. The minimum absolute atomic E-state index is 0.0761. The topological polar surface area (TPSA) is 58.4 Å². The van der Waals surface area contributed by atoms with Crippen LogP contribution in [0.1, 0.15) is 26.6 Å². The Morgan fingerprint density at radius 2 is 2.29 bits per heavy atom. The second kappa shape index (κ2) is 8.03. The molecule has 0 bridgehead atoms. The maximum absolute atomic E-state index is 14.3. The van der Waals surface area contributed by atoms with Gasteiger partial charge in [0.25, 0.3) is 5.91 Å². The summed E-state index contributed by atoms with van der Waals surface area (Å²) in [5, 5.41) is 9.08. The highest BCUT2D eigenvalue weighted by molar-refractivity contribution is 7.10.